The molecule has 1 aliphatic carbocycles. The van der Waals surface area contributed by atoms with Crippen molar-refractivity contribution in [1.82, 2.24) is 29.9 Å². The molecule has 5 aromatic rings. The van der Waals surface area contributed by atoms with Gasteiger partial charge in [-0.2, -0.15) is 19.0 Å². The van der Waals surface area contributed by atoms with E-state index in [1.165, 1.54) is 32.7 Å². The van der Waals surface area contributed by atoms with Gasteiger partial charge in [0.1, 0.15) is 35.2 Å². The summed E-state index contributed by atoms with van der Waals surface area (Å²) < 4.78 is 65.0. The van der Waals surface area contributed by atoms with Crippen LogP contribution in [-0.4, -0.2) is 53.3 Å². The summed E-state index contributed by atoms with van der Waals surface area (Å²) in [5.74, 6) is -0.324. The number of fused-ring (bicyclic) bond motifs is 2. The molecule has 4 N–H and O–H groups in total. The van der Waals surface area contributed by atoms with Gasteiger partial charge in [-0.15, -0.1) is 0 Å². The number of hydrogen-bond acceptors (Lipinski definition) is 8. The van der Waals surface area contributed by atoms with Crippen molar-refractivity contribution in [2.75, 3.05) is 16.3 Å². The third-order valence-corrected chi connectivity index (χ3v) is 9.26. The topological polar surface area (TPSA) is 139 Å². The summed E-state index contributed by atoms with van der Waals surface area (Å²) in [5.41, 5.74) is 0.470. The first-order chi connectivity index (χ1) is 25.4. The highest BCUT2D eigenvalue weighted by Gasteiger charge is 2.45. The van der Waals surface area contributed by atoms with Gasteiger partial charge in [-0.1, -0.05) is 35.5 Å². The van der Waals surface area contributed by atoms with Crippen LogP contribution in [0.2, 0.25) is 5.02 Å². The summed E-state index contributed by atoms with van der Waals surface area (Å²) in [6.07, 6.45) is 1.05. The number of aryl methyl sites for hydroxylation is 1. The van der Waals surface area contributed by atoms with E-state index in [-0.39, 0.29) is 41.2 Å². The van der Waals surface area contributed by atoms with Gasteiger partial charge in [-0.3, -0.25) is 19.0 Å². The highest BCUT2D eigenvalue weighted by Crippen LogP contribution is 2.45. The zero-order valence-corrected chi connectivity index (χ0v) is 31.3. The van der Waals surface area contributed by atoms with Crippen LogP contribution in [0.5, 0.6) is 0 Å². The highest BCUT2D eigenvalue weighted by molar-refractivity contribution is 7.99. The molecule has 2 aromatic carbocycles. The van der Waals surface area contributed by atoms with E-state index in [9.17, 15) is 23.5 Å². The molecule has 17 heteroatoms. The maximum atomic E-state index is 15.1. The van der Waals surface area contributed by atoms with Crippen LogP contribution in [0.3, 0.4) is 0 Å². The van der Waals surface area contributed by atoms with Crippen molar-refractivity contribution in [1.29, 1.82) is 0 Å². The Balaban J connectivity index is 1.51. The highest BCUT2D eigenvalue weighted by atomic mass is 35.5. The molecule has 0 radical (unpaired) electrons. The van der Waals surface area contributed by atoms with Crippen molar-refractivity contribution in [2.45, 2.75) is 64.1 Å². The van der Waals surface area contributed by atoms with Crippen LogP contribution < -0.4 is 15.4 Å². The minimum atomic E-state index is -3.31. The lowest BCUT2D eigenvalue weighted by atomic mass is 9.93. The van der Waals surface area contributed by atoms with E-state index in [0.717, 1.165) is 16.8 Å². The van der Waals surface area contributed by atoms with Gasteiger partial charge >= 0.3 is 0 Å². The van der Waals surface area contributed by atoms with E-state index >= 15 is 8.78 Å². The number of aromatic nitrogens is 5. The number of alkyl halides is 2. The number of halogens is 5. The zero-order valence-electron chi connectivity index (χ0n) is 29.7. The van der Waals surface area contributed by atoms with Gasteiger partial charge < -0.3 is 20.5 Å². The normalized spacial score (nSPS) is 14.0. The molecule has 6 rings (SSSR count). The molecular weight excluding hydrogens is 748 g/mol. The Morgan fingerprint density at radius 2 is 1.80 bits per heavy atom. The van der Waals surface area contributed by atoms with Gasteiger partial charge in [0.15, 0.2) is 11.6 Å². The van der Waals surface area contributed by atoms with Gasteiger partial charge in [-0.05, 0) is 68.5 Å². The predicted molar refractivity (Wildman–Crippen MR) is 199 cm³/mol. The molecule has 0 spiro atoms. The molecule has 1 unspecified atom stereocenters. The van der Waals surface area contributed by atoms with E-state index in [2.05, 4.69) is 37.4 Å². The number of amides is 2. The molecule has 1 atom stereocenters. The SMILES string of the molecule is CSNc1nn(C)c2c(-c3ccc(C#CC(C)(C)O)nc3C(Cc3cc(F)cc(F)c3)NC(=O)Cn3nc(NC(C)=O)c4c3C(F)(F)CC4)ccc(Cl)c12. The Labute approximate surface area is 317 Å². The van der Waals surface area contributed by atoms with Crippen molar-refractivity contribution >= 4 is 57.9 Å². The maximum absolute atomic E-state index is 15.1. The fourth-order valence-electron chi connectivity index (χ4n) is 6.50. The molecule has 0 saturated heterocycles. The standard InChI is InChI=1S/C37H35ClF4N8O3S/c1-19(51)43-34-26-11-13-37(41,42)33(26)50(47-34)18-29(52)45-28(16-20-14-21(39)17-22(40)15-20)31-24(7-6-23(44-31)10-12-36(2,3)53)25-8-9-27(38)30-32(25)49(4)46-35(30)48-54-5/h6-9,14-15,17,28,53H,11,13,16,18H2,1-5H3,(H,45,52)(H,46,48)(H,43,47,51). The predicted octanol–water partition coefficient (Wildman–Crippen LogP) is 6.67. The Morgan fingerprint density at radius 3 is 2.46 bits per heavy atom. The second kappa shape index (κ2) is 15.0. The lowest BCUT2D eigenvalue weighted by Crippen LogP contribution is -2.35. The first kappa shape index (κ1) is 38.6. The number of pyridine rings is 1. The smallest absolute Gasteiger partial charge is 0.290 e. The van der Waals surface area contributed by atoms with Crippen LogP contribution in [0.1, 0.15) is 61.4 Å². The van der Waals surface area contributed by atoms with Crippen molar-refractivity contribution in [3.05, 3.63) is 87.3 Å². The molecule has 1 aliphatic rings. The minimum absolute atomic E-state index is 0.0587. The Kier molecular flexibility index (Phi) is 10.7. The fraction of sp³-hybridized carbons (Fsp3) is 0.324. The van der Waals surface area contributed by atoms with Gasteiger partial charge in [-0.25, -0.2) is 13.8 Å². The molecular formula is C37H35ClF4N8O3S. The average Bonchev–Trinajstić information content (AvgIpc) is 3.70. The molecule has 11 nitrogen and oxygen atoms in total. The number of carbonyl (C=O) groups is 2. The average molecular weight is 783 g/mol. The number of nitrogens with zero attached hydrogens (tertiary/aromatic N) is 5. The molecule has 2 amide bonds. The van der Waals surface area contributed by atoms with Crippen LogP contribution in [0.4, 0.5) is 29.2 Å². The van der Waals surface area contributed by atoms with Crippen LogP contribution >= 0.6 is 23.5 Å². The lowest BCUT2D eigenvalue weighted by molar-refractivity contribution is -0.122. The number of anilines is 2. The third kappa shape index (κ3) is 8.18. The number of hydrogen-bond donors (Lipinski definition) is 4. The fourth-order valence-corrected chi connectivity index (χ4v) is 7.08. The summed E-state index contributed by atoms with van der Waals surface area (Å²) in [6, 6.07) is 8.56. The largest absolute Gasteiger partial charge is 0.378 e. The van der Waals surface area contributed by atoms with Gasteiger partial charge in [0, 0.05) is 49.4 Å². The Morgan fingerprint density at radius 1 is 1.09 bits per heavy atom. The number of aliphatic hydroxyl groups is 1. The molecule has 54 heavy (non-hydrogen) atoms. The van der Waals surface area contributed by atoms with Crippen LogP contribution in [0, 0.1) is 23.5 Å². The molecule has 0 bridgehead atoms. The molecule has 0 fully saturated rings. The first-order valence-corrected chi connectivity index (χ1v) is 18.3. The summed E-state index contributed by atoms with van der Waals surface area (Å²) in [7, 11) is 1.73. The van der Waals surface area contributed by atoms with Gasteiger partial charge in [0.05, 0.1) is 27.7 Å². The van der Waals surface area contributed by atoms with Crippen LogP contribution in [0.25, 0.3) is 22.0 Å². The second-order valence-electron chi connectivity index (χ2n) is 13.4. The number of rotatable bonds is 10. The van der Waals surface area contributed by atoms with E-state index in [0.29, 0.717) is 38.9 Å². The van der Waals surface area contributed by atoms with Crippen molar-refractivity contribution in [3.63, 3.8) is 0 Å². The summed E-state index contributed by atoms with van der Waals surface area (Å²) in [4.78, 5) is 30.6. The molecule has 0 aliphatic heterocycles. The van der Waals surface area contributed by atoms with E-state index in [1.807, 2.05) is 6.26 Å². The molecule has 0 saturated carbocycles. The summed E-state index contributed by atoms with van der Waals surface area (Å²) in [6.45, 7) is 3.53. The Hall–Kier alpha value is -5.11. The lowest BCUT2D eigenvalue weighted by Gasteiger charge is -2.23. The van der Waals surface area contributed by atoms with E-state index < -0.39 is 59.7 Å². The van der Waals surface area contributed by atoms with Crippen molar-refractivity contribution < 1.29 is 32.3 Å². The van der Waals surface area contributed by atoms with Crippen LogP contribution in [0.15, 0.2) is 42.5 Å². The number of carbonyl (C=O) groups excluding carboxylic acids is 2. The Bertz CT molecular complexity index is 2340. The minimum Gasteiger partial charge on any atom is -0.378 e. The van der Waals surface area contributed by atoms with Gasteiger partial charge in [0.25, 0.3) is 5.92 Å². The third-order valence-electron chi connectivity index (χ3n) is 8.55. The maximum Gasteiger partial charge on any atom is 0.290 e. The second-order valence-corrected chi connectivity index (χ2v) is 14.4. The number of nitrogens with one attached hydrogen (secondary N) is 3. The first-order valence-electron chi connectivity index (χ1n) is 16.6. The monoisotopic (exact) mass is 782 g/mol. The summed E-state index contributed by atoms with van der Waals surface area (Å²) >= 11 is 8.00. The van der Waals surface area contributed by atoms with Gasteiger partial charge in [0.2, 0.25) is 11.8 Å². The molecule has 282 valence electrons. The van der Waals surface area contributed by atoms with E-state index in [4.69, 9.17) is 16.6 Å². The van der Waals surface area contributed by atoms with Crippen LogP contribution in [-0.2, 0) is 41.9 Å². The number of benzene rings is 2. The zero-order chi connectivity index (χ0) is 39.1. The molecule has 3 heterocycles. The quantitative estimate of drug-likeness (QED) is 0.0701. The van der Waals surface area contributed by atoms with Crippen molar-refractivity contribution in [2.24, 2.45) is 7.05 Å². The summed E-state index contributed by atoms with van der Waals surface area (Å²) in [5, 5.41) is 25.4. The molecule has 3 aromatic heterocycles. The van der Waals surface area contributed by atoms with Crippen molar-refractivity contribution in [3.8, 4) is 23.0 Å². The van der Waals surface area contributed by atoms with E-state index in [1.54, 1.807) is 36.0 Å².